The molecule has 0 saturated heterocycles. The van der Waals surface area contributed by atoms with Gasteiger partial charge in [0.05, 0.1) is 0 Å². The Bertz CT molecular complexity index is 725. The molecular weight excluding hydrogens is 499 g/mol. The SMILES string of the molecule is O=S(=O)([O-])C(C(F)(F)F)(C(F)(F)C(F)(F)F)C(F)(F)C(F)(F)C(F)(F)C(F)(F)F. The first-order valence-corrected chi connectivity index (χ1v) is 7.08. The van der Waals surface area contributed by atoms with E-state index in [4.69, 9.17) is 0 Å². The van der Waals surface area contributed by atoms with E-state index in [1.807, 2.05) is 0 Å². The summed E-state index contributed by atoms with van der Waals surface area (Å²) in [6.45, 7) is 0. The summed E-state index contributed by atoms with van der Waals surface area (Å²) in [7, 11) is -9.25. The molecule has 0 bridgehead atoms. The molecule has 0 aliphatic rings. The lowest BCUT2D eigenvalue weighted by Crippen LogP contribution is -2.82. The zero-order chi connectivity index (χ0) is 24.5. The number of alkyl halides is 17. The first-order chi connectivity index (χ1) is 12.0. The fourth-order valence-corrected chi connectivity index (χ4v) is 2.96. The maximum Gasteiger partial charge on any atom is 0.460 e. The number of rotatable bonds is 5. The number of halogens is 17. The van der Waals surface area contributed by atoms with Crippen molar-refractivity contribution < 1.29 is 87.6 Å². The van der Waals surface area contributed by atoms with Crippen molar-refractivity contribution in [1.29, 1.82) is 0 Å². The molecule has 0 aromatic rings. The minimum atomic E-state index is -9.25. The first kappa shape index (κ1) is 27.7. The Kier molecular flexibility index (Phi) is 6.08. The minimum absolute atomic E-state index is 8.04. The number of hydrogen-bond acceptors (Lipinski definition) is 3. The molecule has 0 aromatic heterocycles. The molecule has 1 unspecified atom stereocenters. The molecule has 0 saturated carbocycles. The van der Waals surface area contributed by atoms with Crippen LogP contribution in [0.3, 0.4) is 0 Å². The first-order valence-electron chi connectivity index (χ1n) is 5.67. The smallest absolute Gasteiger partial charge is 0.460 e. The van der Waals surface area contributed by atoms with Crippen LogP contribution in [-0.2, 0) is 10.1 Å². The fourth-order valence-electron chi connectivity index (χ4n) is 1.80. The zero-order valence-corrected chi connectivity index (χ0v) is 12.9. The van der Waals surface area contributed by atoms with E-state index in [1.54, 1.807) is 0 Å². The van der Waals surface area contributed by atoms with Gasteiger partial charge in [0, 0.05) is 0 Å². The van der Waals surface area contributed by atoms with Gasteiger partial charge in [-0.15, -0.1) is 0 Å². The molecule has 21 heteroatoms. The monoisotopic (exact) mass is 499 g/mol. The van der Waals surface area contributed by atoms with E-state index in [2.05, 4.69) is 0 Å². The predicted molar refractivity (Wildman–Crippen MR) is 50.4 cm³/mol. The number of hydrogen-bond donors (Lipinski definition) is 0. The van der Waals surface area contributed by atoms with Gasteiger partial charge in [0.25, 0.3) is 4.75 Å². The molecule has 176 valence electrons. The van der Waals surface area contributed by atoms with Gasteiger partial charge in [-0.05, 0) is 0 Å². The Morgan fingerprint density at radius 3 is 0.862 bits per heavy atom. The highest BCUT2D eigenvalue weighted by Gasteiger charge is 2.99. The largest absolute Gasteiger partial charge is 0.747 e. The van der Waals surface area contributed by atoms with Crippen molar-refractivity contribution in [2.75, 3.05) is 0 Å². The van der Waals surface area contributed by atoms with Gasteiger partial charge >= 0.3 is 42.2 Å². The Labute approximate surface area is 146 Å². The highest BCUT2D eigenvalue weighted by atomic mass is 32.2. The molecular formula is C8F17O3S-. The third-order valence-corrected chi connectivity index (χ3v) is 4.65. The van der Waals surface area contributed by atoms with Crippen molar-refractivity contribution in [2.45, 2.75) is 47.0 Å². The topological polar surface area (TPSA) is 57.2 Å². The second-order valence-corrected chi connectivity index (χ2v) is 6.45. The van der Waals surface area contributed by atoms with Crippen LogP contribution in [0, 0.1) is 0 Å². The van der Waals surface area contributed by atoms with E-state index < -0.39 is 57.1 Å². The molecule has 0 N–H and O–H groups in total. The molecule has 0 heterocycles. The molecule has 0 amide bonds. The van der Waals surface area contributed by atoms with Crippen molar-refractivity contribution in [3.8, 4) is 0 Å². The van der Waals surface area contributed by atoms with E-state index in [0.717, 1.165) is 0 Å². The summed E-state index contributed by atoms with van der Waals surface area (Å²) in [5, 5.41) is 0. The minimum Gasteiger partial charge on any atom is -0.747 e. The normalized spacial score (nSPS) is 18.6. The molecule has 0 spiro atoms. The van der Waals surface area contributed by atoms with Crippen molar-refractivity contribution in [3.05, 3.63) is 0 Å². The van der Waals surface area contributed by atoms with E-state index in [0.29, 0.717) is 0 Å². The van der Waals surface area contributed by atoms with Crippen LogP contribution in [0.2, 0.25) is 0 Å². The van der Waals surface area contributed by atoms with Gasteiger partial charge in [-0.3, -0.25) is 0 Å². The zero-order valence-electron chi connectivity index (χ0n) is 12.1. The molecule has 0 aliphatic heterocycles. The van der Waals surface area contributed by atoms with Crippen LogP contribution in [0.4, 0.5) is 74.6 Å². The molecule has 0 fully saturated rings. The van der Waals surface area contributed by atoms with Gasteiger partial charge < -0.3 is 4.55 Å². The average molecular weight is 499 g/mol. The lowest BCUT2D eigenvalue weighted by molar-refractivity contribution is -0.436. The summed E-state index contributed by atoms with van der Waals surface area (Å²) in [4.78, 5) is 0. The summed E-state index contributed by atoms with van der Waals surface area (Å²) in [6, 6.07) is 0. The highest BCUT2D eigenvalue weighted by molar-refractivity contribution is 7.87. The van der Waals surface area contributed by atoms with Crippen LogP contribution in [-0.4, -0.2) is 59.9 Å². The lowest BCUT2D eigenvalue weighted by atomic mass is 9.84. The van der Waals surface area contributed by atoms with Crippen LogP contribution in [0.25, 0.3) is 0 Å². The third-order valence-electron chi connectivity index (χ3n) is 3.16. The summed E-state index contributed by atoms with van der Waals surface area (Å²) in [5.74, 6) is -35.6. The average Bonchev–Trinajstić information content (AvgIpc) is 2.30. The Morgan fingerprint density at radius 1 is 0.414 bits per heavy atom. The van der Waals surface area contributed by atoms with Gasteiger partial charge in [-0.1, -0.05) is 0 Å². The maximum atomic E-state index is 13.6. The van der Waals surface area contributed by atoms with E-state index in [1.165, 1.54) is 0 Å². The van der Waals surface area contributed by atoms with E-state index in [9.17, 15) is 87.6 Å². The molecule has 0 aromatic carbocycles. The van der Waals surface area contributed by atoms with Crippen molar-refractivity contribution in [3.63, 3.8) is 0 Å². The summed E-state index contributed by atoms with van der Waals surface area (Å²) in [6.07, 6.45) is -25.0. The van der Waals surface area contributed by atoms with E-state index >= 15 is 0 Å². The molecule has 3 nitrogen and oxygen atoms in total. The Morgan fingerprint density at radius 2 is 0.690 bits per heavy atom. The van der Waals surface area contributed by atoms with Crippen LogP contribution >= 0.6 is 0 Å². The van der Waals surface area contributed by atoms with Crippen LogP contribution in [0.5, 0.6) is 0 Å². The Balaban J connectivity index is 7.86. The van der Waals surface area contributed by atoms with Gasteiger partial charge in [-0.2, -0.15) is 74.6 Å². The maximum absolute atomic E-state index is 13.6. The van der Waals surface area contributed by atoms with E-state index in [-0.39, 0.29) is 0 Å². The van der Waals surface area contributed by atoms with Gasteiger partial charge in [0.15, 0.2) is 0 Å². The standard InChI is InChI=1S/C8HF17O3S/c9-2(10,4(13,14)5(15,16)8(23,24)25)1(6(17,18)19,29(26,27)28)3(11,12)7(20,21)22/h(H,26,27,28)/p-1. The lowest BCUT2D eigenvalue weighted by Gasteiger charge is -2.49. The third kappa shape index (κ3) is 3.26. The van der Waals surface area contributed by atoms with Gasteiger partial charge in [-0.25, -0.2) is 8.42 Å². The molecule has 29 heavy (non-hydrogen) atoms. The van der Waals surface area contributed by atoms with Crippen LogP contribution < -0.4 is 0 Å². The molecule has 0 radical (unpaired) electrons. The van der Waals surface area contributed by atoms with Crippen molar-refractivity contribution in [2.24, 2.45) is 0 Å². The molecule has 1 atom stereocenters. The van der Waals surface area contributed by atoms with Crippen LogP contribution in [0.1, 0.15) is 0 Å². The van der Waals surface area contributed by atoms with Crippen molar-refractivity contribution in [1.82, 2.24) is 0 Å². The van der Waals surface area contributed by atoms with Crippen molar-refractivity contribution >= 4 is 10.1 Å². The Hall–Kier alpha value is -1.28. The predicted octanol–water partition coefficient (Wildman–Crippen LogP) is 4.50. The van der Waals surface area contributed by atoms with Crippen LogP contribution in [0.15, 0.2) is 0 Å². The quantitative estimate of drug-likeness (QED) is 0.414. The second-order valence-electron chi connectivity index (χ2n) is 4.93. The molecule has 0 rings (SSSR count). The second kappa shape index (κ2) is 6.36. The summed E-state index contributed by atoms with van der Waals surface area (Å²) < 4.78 is 238. The molecule has 0 aliphatic carbocycles. The van der Waals surface area contributed by atoms with Gasteiger partial charge in [0.2, 0.25) is 0 Å². The van der Waals surface area contributed by atoms with Gasteiger partial charge in [0.1, 0.15) is 10.1 Å². The summed E-state index contributed by atoms with van der Waals surface area (Å²) in [5.41, 5.74) is 0. The summed E-state index contributed by atoms with van der Waals surface area (Å²) >= 11 is 0. The highest BCUT2D eigenvalue weighted by Crippen LogP contribution is 2.66. The fraction of sp³-hybridized carbons (Fsp3) is 1.00.